The van der Waals surface area contributed by atoms with Gasteiger partial charge in [-0.15, -0.1) is 11.3 Å². The monoisotopic (exact) mass is 488 g/mol. The van der Waals surface area contributed by atoms with Crippen LogP contribution in [-0.2, 0) is 4.79 Å². The molecule has 4 rings (SSSR count). The van der Waals surface area contributed by atoms with Gasteiger partial charge in [-0.2, -0.15) is 0 Å². The van der Waals surface area contributed by atoms with Gasteiger partial charge in [0.05, 0.1) is 28.4 Å². The second-order valence-corrected chi connectivity index (χ2v) is 9.89. The van der Waals surface area contributed by atoms with Crippen molar-refractivity contribution in [2.75, 3.05) is 13.7 Å². The molecule has 0 aliphatic carbocycles. The molecule has 0 unspecified atom stereocenters. The van der Waals surface area contributed by atoms with Crippen LogP contribution in [0, 0.1) is 12.8 Å². The number of hydrogen-bond acceptors (Lipinski definition) is 5. The maximum Gasteiger partial charge on any atom is 0.223 e. The van der Waals surface area contributed by atoms with Crippen molar-refractivity contribution in [3.63, 3.8) is 0 Å². The molecule has 5 nitrogen and oxygen atoms in total. The summed E-state index contributed by atoms with van der Waals surface area (Å²) in [6, 6.07) is 11.9. The van der Waals surface area contributed by atoms with Gasteiger partial charge in [0.15, 0.2) is 0 Å². The summed E-state index contributed by atoms with van der Waals surface area (Å²) in [4.78, 5) is 19.3. The Kier molecular flexibility index (Phi) is 6.02. The summed E-state index contributed by atoms with van der Waals surface area (Å²) in [5.74, 6) is 1.96. The molecule has 1 aliphatic rings. The number of hydrogen-bond donors (Lipinski definition) is 0. The Morgan fingerprint density at radius 2 is 1.97 bits per heavy atom. The van der Waals surface area contributed by atoms with Gasteiger partial charge in [0, 0.05) is 23.4 Å². The summed E-state index contributed by atoms with van der Waals surface area (Å²) in [6.07, 6.45) is 0.419. The topological polar surface area (TPSA) is 51.7 Å². The lowest BCUT2D eigenvalue weighted by atomic mass is 10.0. The first-order valence-electron chi connectivity index (χ1n) is 10.0. The first-order valence-corrected chi connectivity index (χ1v) is 11.6. The normalized spacial score (nSPS) is 18.6. The minimum absolute atomic E-state index is 0.0160. The fourth-order valence-corrected chi connectivity index (χ4v) is 5.26. The lowest BCUT2D eigenvalue weighted by Crippen LogP contribution is -2.31. The highest BCUT2D eigenvalue weighted by Gasteiger charge is 2.37. The molecule has 2 aromatic carbocycles. The predicted molar refractivity (Wildman–Crippen MR) is 123 cm³/mol. The molecule has 0 saturated carbocycles. The molecule has 0 spiro atoms. The molecule has 7 heteroatoms. The highest BCUT2D eigenvalue weighted by molar-refractivity contribution is 9.10. The number of aryl methyl sites for hydroxylation is 1. The molecule has 3 atom stereocenters. The number of rotatable bonds is 6. The van der Waals surface area contributed by atoms with E-state index in [4.69, 9.17) is 9.47 Å². The molecule has 1 fully saturated rings. The number of likely N-dealkylation sites (tertiary alicyclic amines) is 1. The Labute approximate surface area is 189 Å². The minimum Gasteiger partial charge on any atom is -0.497 e. The molecule has 2 heterocycles. The third-order valence-corrected chi connectivity index (χ3v) is 7.22. The molecule has 158 valence electrons. The van der Waals surface area contributed by atoms with Crippen molar-refractivity contribution >= 4 is 43.4 Å². The van der Waals surface area contributed by atoms with Gasteiger partial charge in [-0.05, 0) is 50.6 Å². The van der Waals surface area contributed by atoms with Crippen LogP contribution in [0.1, 0.15) is 36.9 Å². The quantitative estimate of drug-likeness (QED) is 0.442. The molecule has 3 aromatic rings. The van der Waals surface area contributed by atoms with Gasteiger partial charge >= 0.3 is 0 Å². The van der Waals surface area contributed by atoms with Crippen molar-refractivity contribution in [3.05, 3.63) is 51.4 Å². The highest BCUT2D eigenvalue weighted by atomic mass is 79.9. The van der Waals surface area contributed by atoms with E-state index in [1.807, 2.05) is 48.2 Å². The Morgan fingerprint density at radius 1 is 1.23 bits per heavy atom. The molecule has 30 heavy (non-hydrogen) atoms. The SMILES string of the molecule is COc1ccc([C@H](C)N2C[C@H]([C@@H](C)Oc3cc(Br)cc4nc(C)sc34)CC2=O)cc1. The summed E-state index contributed by atoms with van der Waals surface area (Å²) >= 11 is 5.19. The second-order valence-electron chi connectivity index (χ2n) is 7.77. The number of benzene rings is 2. The molecule has 0 bridgehead atoms. The van der Waals surface area contributed by atoms with E-state index < -0.39 is 0 Å². The third-order valence-electron chi connectivity index (χ3n) is 5.76. The van der Waals surface area contributed by atoms with Crippen LogP contribution in [0.4, 0.5) is 0 Å². The van der Waals surface area contributed by atoms with Crippen LogP contribution in [0.5, 0.6) is 11.5 Å². The Balaban J connectivity index is 1.48. The standard InChI is InChI=1S/C23H25BrN2O3S/c1-13(16-5-7-19(28-4)8-6-16)26-12-17(9-22(26)27)14(2)29-21-11-18(24)10-20-23(21)30-15(3)25-20/h5-8,10-11,13-14,17H,9,12H2,1-4H3/t13-,14+,17+/m0/s1. The molecular formula is C23H25BrN2O3S. The van der Waals surface area contributed by atoms with Gasteiger partial charge in [-0.25, -0.2) is 4.98 Å². The van der Waals surface area contributed by atoms with Crippen molar-refractivity contribution in [1.82, 2.24) is 9.88 Å². The maximum atomic E-state index is 12.8. The van der Waals surface area contributed by atoms with Crippen LogP contribution in [-0.4, -0.2) is 35.5 Å². The number of nitrogens with zero attached hydrogens (tertiary/aromatic N) is 2. The van der Waals surface area contributed by atoms with E-state index in [-0.39, 0.29) is 24.0 Å². The number of ether oxygens (including phenoxy) is 2. The summed E-state index contributed by atoms with van der Waals surface area (Å²) < 4.78 is 13.6. The average molecular weight is 489 g/mol. The summed E-state index contributed by atoms with van der Waals surface area (Å²) in [7, 11) is 1.65. The largest absolute Gasteiger partial charge is 0.497 e. The van der Waals surface area contributed by atoms with Crippen molar-refractivity contribution in [3.8, 4) is 11.5 Å². The van der Waals surface area contributed by atoms with Crippen molar-refractivity contribution in [2.45, 2.75) is 39.3 Å². The maximum absolute atomic E-state index is 12.8. The number of thiazole rings is 1. The zero-order valence-corrected chi connectivity index (χ0v) is 19.9. The molecule has 1 amide bonds. The van der Waals surface area contributed by atoms with Crippen LogP contribution in [0.25, 0.3) is 10.2 Å². The zero-order valence-electron chi connectivity index (χ0n) is 17.5. The number of amides is 1. The fourth-order valence-electron chi connectivity index (χ4n) is 3.98. The third kappa shape index (κ3) is 4.18. The first kappa shape index (κ1) is 21.1. The van der Waals surface area contributed by atoms with Crippen LogP contribution in [0.2, 0.25) is 0 Å². The summed E-state index contributed by atoms with van der Waals surface area (Å²) in [5, 5.41) is 1.01. The van der Waals surface area contributed by atoms with Crippen LogP contribution < -0.4 is 9.47 Å². The van der Waals surface area contributed by atoms with Gasteiger partial charge in [0.2, 0.25) is 5.91 Å². The average Bonchev–Trinajstić information content (AvgIpc) is 3.29. The number of halogens is 1. The molecule has 1 saturated heterocycles. The number of carbonyl (C=O) groups excluding carboxylic acids is 1. The predicted octanol–water partition coefficient (Wildman–Crippen LogP) is 5.75. The molecule has 0 radical (unpaired) electrons. The van der Waals surface area contributed by atoms with E-state index in [2.05, 4.69) is 34.8 Å². The van der Waals surface area contributed by atoms with Gasteiger partial charge in [0.1, 0.15) is 17.6 Å². The molecular weight excluding hydrogens is 464 g/mol. The van der Waals surface area contributed by atoms with Crippen molar-refractivity contribution in [1.29, 1.82) is 0 Å². The van der Waals surface area contributed by atoms with E-state index in [9.17, 15) is 4.79 Å². The Bertz CT molecular complexity index is 1070. The number of fused-ring (bicyclic) bond motifs is 1. The van der Waals surface area contributed by atoms with Crippen molar-refractivity contribution < 1.29 is 14.3 Å². The van der Waals surface area contributed by atoms with Gasteiger partial charge < -0.3 is 14.4 Å². The smallest absolute Gasteiger partial charge is 0.223 e. The van der Waals surface area contributed by atoms with Gasteiger partial charge in [-0.1, -0.05) is 28.1 Å². The van der Waals surface area contributed by atoms with E-state index in [0.29, 0.717) is 13.0 Å². The van der Waals surface area contributed by atoms with E-state index in [0.717, 1.165) is 36.8 Å². The summed E-state index contributed by atoms with van der Waals surface area (Å²) in [5.41, 5.74) is 2.04. The fraction of sp³-hybridized carbons (Fsp3) is 0.391. The first-order chi connectivity index (χ1) is 14.4. The summed E-state index contributed by atoms with van der Waals surface area (Å²) in [6.45, 7) is 6.82. The molecule has 1 aromatic heterocycles. The van der Waals surface area contributed by atoms with Crippen LogP contribution in [0.15, 0.2) is 40.9 Å². The Morgan fingerprint density at radius 3 is 2.67 bits per heavy atom. The van der Waals surface area contributed by atoms with Crippen molar-refractivity contribution in [2.24, 2.45) is 5.92 Å². The number of methoxy groups -OCH3 is 1. The number of carbonyl (C=O) groups is 1. The van der Waals surface area contributed by atoms with Crippen LogP contribution in [0.3, 0.4) is 0 Å². The van der Waals surface area contributed by atoms with Crippen LogP contribution >= 0.6 is 27.3 Å². The zero-order chi connectivity index (χ0) is 21.4. The van der Waals surface area contributed by atoms with Gasteiger partial charge in [-0.3, -0.25) is 4.79 Å². The Hall–Kier alpha value is -2.12. The van der Waals surface area contributed by atoms with E-state index in [1.54, 1.807) is 18.4 Å². The lowest BCUT2D eigenvalue weighted by molar-refractivity contribution is -0.129. The van der Waals surface area contributed by atoms with E-state index >= 15 is 0 Å². The highest BCUT2D eigenvalue weighted by Crippen LogP contribution is 2.37. The van der Waals surface area contributed by atoms with Gasteiger partial charge in [0.25, 0.3) is 0 Å². The molecule has 0 N–H and O–H groups in total. The minimum atomic E-state index is -0.0816. The lowest BCUT2D eigenvalue weighted by Gasteiger charge is -2.27. The number of aromatic nitrogens is 1. The second kappa shape index (κ2) is 8.55. The van der Waals surface area contributed by atoms with E-state index in [1.165, 1.54) is 0 Å². The molecule has 1 aliphatic heterocycles.